The van der Waals surface area contributed by atoms with Crippen LogP contribution in [0.1, 0.15) is 23.6 Å². The number of para-hydroxylation sites is 1. The average molecular weight is 411 g/mol. The zero-order valence-corrected chi connectivity index (χ0v) is 18.0. The molecule has 0 aliphatic carbocycles. The van der Waals surface area contributed by atoms with Gasteiger partial charge in [-0.25, -0.2) is 0 Å². The van der Waals surface area contributed by atoms with Crippen LogP contribution in [0.3, 0.4) is 0 Å². The van der Waals surface area contributed by atoms with E-state index in [1.807, 2.05) is 56.3 Å². The molecular weight excluding hydrogens is 380 g/mol. The molecule has 2 aromatic rings. The molecule has 1 aliphatic rings. The number of aryl methyl sites for hydroxylation is 2. The first-order chi connectivity index (χ1) is 14.5. The molecule has 0 radical (unpaired) electrons. The van der Waals surface area contributed by atoms with Crippen molar-refractivity contribution in [3.8, 4) is 11.5 Å². The molecule has 30 heavy (non-hydrogen) atoms. The van der Waals surface area contributed by atoms with Gasteiger partial charge in [0.15, 0.2) is 13.2 Å². The Morgan fingerprint density at radius 2 is 1.33 bits per heavy atom. The lowest BCUT2D eigenvalue weighted by molar-refractivity contribution is -0.141. The summed E-state index contributed by atoms with van der Waals surface area (Å²) in [5.74, 6) is 1.38. The van der Waals surface area contributed by atoms with Gasteiger partial charge in [-0.05, 0) is 49.1 Å². The number of amides is 2. The predicted molar refractivity (Wildman–Crippen MR) is 116 cm³/mol. The van der Waals surface area contributed by atoms with Crippen LogP contribution in [0.25, 0.3) is 0 Å². The Hall–Kier alpha value is -3.02. The number of benzene rings is 2. The first-order valence-electron chi connectivity index (χ1n) is 10.4. The summed E-state index contributed by atoms with van der Waals surface area (Å²) in [5, 5.41) is 0. The van der Waals surface area contributed by atoms with Crippen molar-refractivity contribution in [2.45, 2.75) is 27.2 Å². The number of carbonyl (C=O) groups excluding carboxylic acids is 2. The maximum Gasteiger partial charge on any atom is 0.260 e. The van der Waals surface area contributed by atoms with Crippen molar-refractivity contribution in [3.05, 3.63) is 59.2 Å². The Morgan fingerprint density at radius 1 is 0.800 bits per heavy atom. The highest BCUT2D eigenvalue weighted by Gasteiger charge is 2.24. The lowest BCUT2D eigenvalue weighted by Crippen LogP contribution is -2.52. The van der Waals surface area contributed by atoms with Gasteiger partial charge in [0, 0.05) is 26.2 Å². The first kappa shape index (κ1) is 21.7. The van der Waals surface area contributed by atoms with Crippen LogP contribution < -0.4 is 9.47 Å². The fraction of sp³-hybridized carbons (Fsp3) is 0.417. The van der Waals surface area contributed by atoms with Crippen LogP contribution in [-0.2, 0) is 16.0 Å². The van der Waals surface area contributed by atoms with Crippen LogP contribution in [0.5, 0.6) is 11.5 Å². The van der Waals surface area contributed by atoms with Gasteiger partial charge >= 0.3 is 0 Å². The van der Waals surface area contributed by atoms with E-state index >= 15 is 0 Å². The van der Waals surface area contributed by atoms with Crippen molar-refractivity contribution >= 4 is 11.8 Å². The van der Waals surface area contributed by atoms with E-state index in [1.54, 1.807) is 9.80 Å². The molecule has 0 bridgehead atoms. The average Bonchev–Trinajstić information content (AvgIpc) is 2.78. The largest absolute Gasteiger partial charge is 0.483 e. The lowest BCUT2D eigenvalue weighted by Gasteiger charge is -2.34. The zero-order valence-electron chi connectivity index (χ0n) is 18.0. The lowest BCUT2D eigenvalue weighted by atomic mass is 10.1. The van der Waals surface area contributed by atoms with Gasteiger partial charge in [-0.3, -0.25) is 9.59 Å². The molecule has 1 aliphatic heterocycles. The quantitative estimate of drug-likeness (QED) is 0.704. The Labute approximate surface area is 178 Å². The number of hydrogen-bond donors (Lipinski definition) is 0. The fourth-order valence-electron chi connectivity index (χ4n) is 3.48. The molecule has 3 rings (SSSR count). The number of nitrogens with zero attached hydrogens (tertiary/aromatic N) is 2. The normalized spacial score (nSPS) is 13.8. The molecule has 1 heterocycles. The van der Waals surface area contributed by atoms with Crippen molar-refractivity contribution in [1.82, 2.24) is 9.80 Å². The molecule has 2 amide bonds. The van der Waals surface area contributed by atoms with Crippen LogP contribution in [0.2, 0.25) is 0 Å². The van der Waals surface area contributed by atoms with Gasteiger partial charge in [-0.2, -0.15) is 0 Å². The Morgan fingerprint density at radius 3 is 1.93 bits per heavy atom. The Balaban J connectivity index is 1.44. The van der Waals surface area contributed by atoms with Crippen LogP contribution in [0, 0.1) is 13.8 Å². The van der Waals surface area contributed by atoms with Gasteiger partial charge in [-0.1, -0.05) is 37.3 Å². The summed E-state index contributed by atoms with van der Waals surface area (Å²) in [6.07, 6.45) is 0.856. The number of ether oxygens (including phenoxy) is 2. The van der Waals surface area contributed by atoms with Crippen molar-refractivity contribution in [2.75, 3.05) is 39.4 Å². The van der Waals surface area contributed by atoms with Crippen molar-refractivity contribution in [1.29, 1.82) is 0 Å². The molecule has 0 aromatic heterocycles. The minimum absolute atomic E-state index is 0.00908. The number of piperazine rings is 1. The van der Waals surface area contributed by atoms with Gasteiger partial charge in [0.05, 0.1) is 0 Å². The molecule has 6 heteroatoms. The van der Waals surface area contributed by atoms with E-state index < -0.39 is 0 Å². The molecule has 6 nitrogen and oxygen atoms in total. The van der Waals surface area contributed by atoms with Crippen molar-refractivity contribution in [3.63, 3.8) is 0 Å². The molecule has 160 valence electrons. The monoisotopic (exact) mass is 410 g/mol. The summed E-state index contributed by atoms with van der Waals surface area (Å²) in [5.41, 5.74) is 3.27. The molecule has 0 N–H and O–H groups in total. The topological polar surface area (TPSA) is 59.1 Å². The summed E-state index contributed by atoms with van der Waals surface area (Å²) in [4.78, 5) is 28.5. The van der Waals surface area contributed by atoms with E-state index in [1.165, 1.54) is 0 Å². The summed E-state index contributed by atoms with van der Waals surface area (Å²) in [6, 6.07) is 13.6. The van der Waals surface area contributed by atoms with E-state index in [0.29, 0.717) is 26.2 Å². The molecule has 0 unspecified atom stereocenters. The van der Waals surface area contributed by atoms with Crippen LogP contribution in [0.4, 0.5) is 0 Å². The molecule has 0 atom stereocenters. The van der Waals surface area contributed by atoms with Crippen molar-refractivity contribution in [2.24, 2.45) is 0 Å². The van der Waals surface area contributed by atoms with E-state index in [9.17, 15) is 9.59 Å². The highest BCUT2D eigenvalue weighted by Crippen LogP contribution is 2.21. The summed E-state index contributed by atoms with van der Waals surface area (Å²) in [7, 11) is 0. The Bertz CT molecular complexity index is 889. The maximum atomic E-state index is 12.5. The fourth-order valence-corrected chi connectivity index (χ4v) is 3.48. The Kier molecular flexibility index (Phi) is 7.33. The number of carbonyl (C=O) groups is 2. The molecule has 0 saturated carbocycles. The van der Waals surface area contributed by atoms with E-state index in [0.717, 1.165) is 34.6 Å². The third-order valence-corrected chi connectivity index (χ3v) is 5.60. The smallest absolute Gasteiger partial charge is 0.260 e. The summed E-state index contributed by atoms with van der Waals surface area (Å²) >= 11 is 0. The van der Waals surface area contributed by atoms with Crippen LogP contribution in [0.15, 0.2) is 42.5 Å². The number of rotatable bonds is 7. The minimum atomic E-state index is -0.0591. The SMILES string of the molecule is CCc1ccccc1OCC(=O)N1CCN(C(=O)COc2cccc(C)c2C)CC1. The van der Waals surface area contributed by atoms with Crippen LogP contribution >= 0.6 is 0 Å². The molecular formula is C24H30N2O4. The highest BCUT2D eigenvalue weighted by atomic mass is 16.5. The predicted octanol–water partition coefficient (Wildman–Crippen LogP) is 2.99. The molecule has 2 aromatic carbocycles. The standard InChI is InChI=1S/C24H30N2O4/c1-4-20-9-5-6-10-22(20)30-17-24(28)26-14-12-25(13-15-26)23(27)16-29-21-11-7-8-18(2)19(21)3/h5-11H,4,12-17H2,1-3H3. The van der Waals surface area contributed by atoms with E-state index in [4.69, 9.17) is 9.47 Å². The molecule has 0 spiro atoms. The number of hydrogen-bond acceptors (Lipinski definition) is 4. The highest BCUT2D eigenvalue weighted by molar-refractivity contribution is 5.80. The van der Waals surface area contributed by atoms with E-state index in [2.05, 4.69) is 6.92 Å². The van der Waals surface area contributed by atoms with E-state index in [-0.39, 0.29) is 25.0 Å². The first-order valence-corrected chi connectivity index (χ1v) is 10.4. The summed E-state index contributed by atoms with van der Waals surface area (Å²) < 4.78 is 11.5. The van der Waals surface area contributed by atoms with Crippen LogP contribution in [-0.4, -0.2) is 61.0 Å². The van der Waals surface area contributed by atoms with Crippen molar-refractivity contribution < 1.29 is 19.1 Å². The third-order valence-electron chi connectivity index (χ3n) is 5.60. The second kappa shape index (κ2) is 10.1. The minimum Gasteiger partial charge on any atom is -0.483 e. The zero-order chi connectivity index (χ0) is 21.5. The maximum absolute atomic E-state index is 12.5. The second-order valence-corrected chi connectivity index (χ2v) is 7.50. The third kappa shape index (κ3) is 5.32. The van der Waals surface area contributed by atoms with Gasteiger partial charge in [0.25, 0.3) is 11.8 Å². The summed E-state index contributed by atoms with van der Waals surface area (Å²) in [6.45, 7) is 8.11. The van der Waals surface area contributed by atoms with Gasteiger partial charge in [0.1, 0.15) is 11.5 Å². The second-order valence-electron chi connectivity index (χ2n) is 7.50. The van der Waals surface area contributed by atoms with Gasteiger partial charge in [-0.15, -0.1) is 0 Å². The molecule has 1 saturated heterocycles. The molecule has 1 fully saturated rings. The van der Waals surface area contributed by atoms with Gasteiger partial charge in [0.2, 0.25) is 0 Å². The van der Waals surface area contributed by atoms with Gasteiger partial charge < -0.3 is 19.3 Å².